The van der Waals surface area contributed by atoms with Crippen molar-refractivity contribution in [2.24, 2.45) is 11.8 Å². The van der Waals surface area contributed by atoms with Crippen LogP contribution >= 0.6 is 0 Å². The molecule has 1 rings (SSSR count). The van der Waals surface area contributed by atoms with E-state index < -0.39 is 0 Å². The number of nitrogens with one attached hydrogen (secondary N) is 2. The topological polar surface area (TPSA) is 75.9 Å². The first-order valence-electron chi connectivity index (χ1n) is 6.71. The zero-order chi connectivity index (χ0) is 13.5. The number of hydrogen-bond donors (Lipinski definition) is 3. The molecule has 1 aromatic heterocycles. The van der Waals surface area contributed by atoms with Gasteiger partial charge in [-0.05, 0) is 18.8 Å². The Morgan fingerprint density at radius 1 is 1.22 bits per heavy atom. The van der Waals surface area contributed by atoms with Crippen molar-refractivity contribution in [1.29, 1.82) is 0 Å². The van der Waals surface area contributed by atoms with Gasteiger partial charge in [0.1, 0.15) is 18.0 Å². The highest BCUT2D eigenvalue weighted by molar-refractivity contribution is 5.57. The molecule has 0 fully saturated rings. The Bertz CT molecular complexity index is 364. The van der Waals surface area contributed by atoms with Crippen LogP contribution in [0, 0.1) is 5.92 Å². The molecule has 1 heterocycles. The minimum Gasteiger partial charge on any atom is -0.367 e. The molecule has 5 nitrogen and oxygen atoms in total. The lowest BCUT2D eigenvalue weighted by atomic mass is 10.0. The van der Waals surface area contributed by atoms with Gasteiger partial charge in [-0.25, -0.2) is 15.8 Å². The predicted octanol–water partition coefficient (Wildman–Crippen LogP) is 2.56. The molecule has 1 unspecified atom stereocenters. The summed E-state index contributed by atoms with van der Waals surface area (Å²) >= 11 is 0. The number of hydrogen-bond acceptors (Lipinski definition) is 5. The molecule has 0 bridgehead atoms. The van der Waals surface area contributed by atoms with Crippen LogP contribution in [0.15, 0.2) is 6.33 Å². The molecule has 1 aromatic rings. The van der Waals surface area contributed by atoms with Crippen LogP contribution in [-0.4, -0.2) is 16.0 Å². The van der Waals surface area contributed by atoms with E-state index in [2.05, 4.69) is 48.4 Å². The van der Waals surface area contributed by atoms with Gasteiger partial charge >= 0.3 is 0 Å². The van der Waals surface area contributed by atoms with Gasteiger partial charge in [0.2, 0.25) is 0 Å². The number of nitrogens with zero attached hydrogens (tertiary/aromatic N) is 2. The van der Waals surface area contributed by atoms with Crippen LogP contribution in [0.2, 0.25) is 0 Å². The Kier molecular flexibility index (Phi) is 5.85. The lowest BCUT2D eigenvalue weighted by Gasteiger charge is -2.23. The van der Waals surface area contributed by atoms with Crippen molar-refractivity contribution in [3.05, 3.63) is 11.9 Å². The fourth-order valence-electron chi connectivity index (χ4n) is 2.06. The smallest absolute Gasteiger partial charge is 0.148 e. The van der Waals surface area contributed by atoms with Crippen molar-refractivity contribution in [3.63, 3.8) is 0 Å². The highest BCUT2D eigenvalue weighted by Gasteiger charge is 2.15. The van der Waals surface area contributed by atoms with E-state index in [1.54, 1.807) is 6.33 Å². The number of rotatable bonds is 7. The lowest BCUT2D eigenvalue weighted by molar-refractivity contribution is 0.509. The first-order chi connectivity index (χ1) is 8.63. The molecule has 0 aliphatic rings. The van der Waals surface area contributed by atoms with Gasteiger partial charge in [-0.15, -0.1) is 0 Å². The maximum Gasteiger partial charge on any atom is 0.148 e. The van der Waals surface area contributed by atoms with Crippen molar-refractivity contribution in [3.8, 4) is 0 Å². The molecule has 18 heavy (non-hydrogen) atoms. The van der Waals surface area contributed by atoms with E-state index in [0.717, 1.165) is 30.6 Å². The highest BCUT2D eigenvalue weighted by Crippen LogP contribution is 2.23. The summed E-state index contributed by atoms with van der Waals surface area (Å²) in [7, 11) is 0. The normalized spacial score (nSPS) is 12.6. The Morgan fingerprint density at radius 2 is 1.89 bits per heavy atom. The van der Waals surface area contributed by atoms with Gasteiger partial charge in [-0.2, -0.15) is 0 Å². The molecule has 0 amide bonds. The first-order valence-corrected chi connectivity index (χ1v) is 6.71. The average Bonchev–Trinajstić information content (AvgIpc) is 2.37. The zero-order valence-electron chi connectivity index (χ0n) is 11.8. The zero-order valence-corrected chi connectivity index (χ0v) is 11.8. The van der Waals surface area contributed by atoms with Gasteiger partial charge in [0.15, 0.2) is 0 Å². The maximum absolute atomic E-state index is 5.50. The van der Waals surface area contributed by atoms with Gasteiger partial charge < -0.3 is 10.7 Å². The monoisotopic (exact) mass is 251 g/mol. The van der Waals surface area contributed by atoms with Crippen LogP contribution in [0.3, 0.4) is 0 Å². The molecule has 102 valence electrons. The third kappa shape index (κ3) is 3.57. The second-order valence-corrected chi connectivity index (χ2v) is 4.85. The van der Waals surface area contributed by atoms with E-state index in [4.69, 9.17) is 5.84 Å². The molecule has 5 heteroatoms. The standard InChI is InChI=1S/C13H25N5/c1-5-7-10-12(15-8-16-13(10)18-14)17-11(6-2)9(3)4/h8-9,11H,5-7,14H2,1-4H3,(H2,15,16,17,18). The summed E-state index contributed by atoms with van der Waals surface area (Å²) in [6.45, 7) is 8.74. The maximum atomic E-state index is 5.50. The van der Waals surface area contributed by atoms with Crippen LogP contribution in [0.5, 0.6) is 0 Å². The number of hydrazine groups is 1. The number of aromatic nitrogens is 2. The first kappa shape index (κ1) is 14.7. The highest BCUT2D eigenvalue weighted by atomic mass is 15.3. The molecule has 0 radical (unpaired) electrons. The van der Waals surface area contributed by atoms with Gasteiger partial charge in [0, 0.05) is 11.6 Å². The van der Waals surface area contributed by atoms with E-state index in [-0.39, 0.29) is 0 Å². The van der Waals surface area contributed by atoms with Crippen LogP contribution in [-0.2, 0) is 6.42 Å². The second-order valence-electron chi connectivity index (χ2n) is 4.85. The van der Waals surface area contributed by atoms with E-state index >= 15 is 0 Å². The van der Waals surface area contributed by atoms with Crippen molar-refractivity contribution >= 4 is 11.6 Å². The third-order valence-corrected chi connectivity index (χ3v) is 3.15. The summed E-state index contributed by atoms with van der Waals surface area (Å²) in [5.41, 5.74) is 3.72. The molecular weight excluding hydrogens is 226 g/mol. The molecule has 0 spiro atoms. The van der Waals surface area contributed by atoms with Crippen molar-refractivity contribution < 1.29 is 0 Å². The van der Waals surface area contributed by atoms with Crippen molar-refractivity contribution in [2.75, 3.05) is 10.7 Å². The van der Waals surface area contributed by atoms with Gasteiger partial charge in [0.05, 0.1) is 0 Å². The fourth-order valence-corrected chi connectivity index (χ4v) is 2.06. The number of nitrogen functional groups attached to an aromatic ring is 1. The van der Waals surface area contributed by atoms with Crippen LogP contribution < -0.4 is 16.6 Å². The van der Waals surface area contributed by atoms with Crippen LogP contribution in [0.25, 0.3) is 0 Å². The summed E-state index contributed by atoms with van der Waals surface area (Å²) in [6.07, 6.45) is 4.56. The minimum absolute atomic E-state index is 0.418. The summed E-state index contributed by atoms with van der Waals surface area (Å²) in [4.78, 5) is 8.53. The van der Waals surface area contributed by atoms with Gasteiger partial charge in [0.25, 0.3) is 0 Å². The lowest BCUT2D eigenvalue weighted by Crippen LogP contribution is -2.26. The van der Waals surface area contributed by atoms with E-state index in [1.807, 2.05) is 0 Å². The van der Waals surface area contributed by atoms with Gasteiger partial charge in [-0.1, -0.05) is 34.1 Å². The molecule has 1 atom stereocenters. The van der Waals surface area contributed by atoms with Crippen LogP contribution in [0.4, 0.5) is 11.6 Å². The molecule has 4 N–H and O–H groups in total. The predicted molar refractivity (Wildman–Crippen MR) is 76.4 cm³/mol. The Morgan fingerprint density at radius 3 is 2.39 bits per heavy atom. The van der Waals surface area contributed by atoms with Gasteiger partial charge in [-0.3, -0.25) is 0 Å². The largest absolute Gasteiger partial charge is 0.367 e. The Hall–Kier alpha value is -1.36. The molecular formula is C13H25N5. The molecule has 0 aliphatic carbocycles. The van der Waals surface area contributed by atoms with E-state index in [0.29, 0.717) is 17.8 Å². The molecule has 0 saturated heterocycles. The molecule has 0 saturated carbocycles. The summed E-state index contributed by atoms with van der Waals surface area (Å²) < 4.78 is 0. The summed E-state index contributed by atoms with van der Waals surface area (Å²) in [5, 5.41) is 3.51. The fraction of sp³-hybridized carbons (Fsp3) is 0.692. The SMILES string of the molecule is CCCc1c(NN)ncnc1NC(CC)C(C)C. The number of anilines is 2. The van der Waals surface area contributed by atoms with Crippen molar-refractivity contribution in [1.82, 2.24) is 9.97 Å². The van der Waals surface area contributed by atoms with Crippen molar-refractivity contribution in [2.45, 2.75) is 53.0 Å². The second kappa shape index (κ2) is 7.16. The number of nitrogens with two attached hydrogens (primary N) is 1. The average molecular weight is 251 g/mol. The summed E-state index contributed by atoms with van der Waals surface area (Å²) in [6, 6.07) is 0.418. The molecule has 0 aliphatic heterocycles. The minimum atomic E-state index is 0.418. The quantitative estimate of drug-likeness (QED) is 0.513. The third-order valence-electron chi connectivity index (χ3n) is 3.15. The van der Waals surface area contributed by atoms with E-state index in [1.165, 1.54) is 0 Å². The van der Waals surface area contributed by atoms with E-state index in [9.17, 15) is 0 Å². The van der Waals surface area contributed by atoms with Crippen LogP contribution in [0.1, 0.15) is 46.1 Å². The summed E-state index contributed by atoms with van der Waals surface area (Å²) in [5.74, 6) is 7.69. The Labute approximate surface area is 110 Å². The molecule has 0 aromatic carbocycles. The Balaban J connectivity index is 2.99.